The van der Waals surface area contributed by atoms with Crippen molar-refractivity contribution in [2.75, 3.05) is 0 Å². The highest BCUT2D eigenvalue weighted by Crippen LogP contribution is 2.20. The van der Waals surface area contributed by atoms with Crippen molar-refractivity contribution in [2.24, 2.45) is 0 Å². The van der Waals surface area contributed by atoms with E-state index in [1.54, 1.807) is 11.3 Å². The molecule has 1 heterocycles. The molecular formula is C16H19NOS. The lowest BCUT2D eigenvalue weighted by molar-refractivity contribution is -0.122. The lowest BCUT2D eigenvalue weighted by Crippen LogP contribution is -2.41. The minimum absolute atomic E-state index is 0.0617. The first-order valence-corrected chi connectivity index (χ1v) is 7.26. The van der Waals surface area contributed by atoms with Crippen molar-refractivity contribution >= 4 is 17.2 Å². The monoisotopic (exact) mass is 273 g/mol. The highest BCUT2D eigenvalue weighted by atomic mass is 32.1. The third-order valence-electron chi connectivity index (χ3n) is 3.10. The van der Waals surface area contributed by atoms with Gasteiger partial charge < -0.3 is 5.32 Å². The lowest BCUT2D eigenvalue weighted by atomic mass is 9.94. The van der Waals surface area contributed by atoms with Crippen LogP contribution < -0.4 is 5.32 Å². The molecule has 0 saturated carbocycles. The zero-order valence-corrected chi connectivity index (χ0v) is 12.4. The Hall–Kier alpha value is -1.61. The molecule has 1 N–H and O–H groups in total. The van der Waals surface area contributed by atoms with Gasteiger partial charge >= 0.3 is 0 Å². The molecule has 2 nitrogen and oxygen atoms in total. The Morgan fingerprint density at radius 1 is 1.26 bits per heavy atom. The maximum atomic E-state index is 12.1. The van der Waals surface area contributed by atoms with Crippen LogP contribution in [-0.2, 0) is 16.8 Å². The molecule has 0 bridgehead atoms. The molecule has 0 aliphatic rings. The van der Waals surface area contributed by atoms with Crippen LogP contribution in [0.1, 0.15) is 29.9 Å². The van der Waals surface area contributed by atoms with E-state index < -0.39 is 0 Å². The Kier molecular flexibility index (Phi) is 4.05. The molecule has 1 aromatic heterocycles. The fourth-order valence-corrected chi connectivity index (χ4v) is 2.80. The van der Waals surface area contributed by atoms with Crippen LogP contribution >= 0.6 is 11.3 Å². The van der Waals surface area contributed by atoms with Gasteiger partial charge in [-0.1, -0.05) is 30.3 Å². The van der Waals surface area contributed by atoms with Crippen molar-refractivity contribution in [3.05, 3.63) is 57.8 Å². The summed E-state index contributed by atoms with van der Waals surface area (Å²) < 4.78 is 0. The van der Waals surface area contributed by atoms with Gasteiger partial charge in [-0.3, -0.25) is 4.79 Å². The molecule has 19 heavy (non-hydrogen) atoms. The normalized spacial score (nSPS) is 11.3. The summed E-state index contributed by atoms with van der Waals surface area (Å²) in [5, 5.41) is 5.14. The van der Waals surface area contributed by atoms with Crippen LogP contribution in [0.2, 0.25) is 0 Å². The van der Waals surface area contributed by atoms with E-state index in [4.69, 9.17) is 0 Å². The Labute approximate surface area is 118 Å². The van der Waals surface area contributed by atoms with E-state index in [0.717, 1.165) is 11.1 Å². The first kappa shape index (κ1) is 13.8. The van der Waals surface area contributed by atoms with Crippen LogP contribution in [0.5, 0.6) is 0 Å². The molecule has 3 heteroatoms. The SMILES string of the molecule is Cc1cc(CC(=O)NC(C)(C)c2ccccc2)cs1. The molecule has 0 spiro atoms. The zero-order chi connectivity index (χ0) is 13.9. The van der Waals surface area contributed by atoms with E-state index in [2.05, 4.69) is 18.3 Å². The van der Waals surface area contributed by atoms with Gasteiger partial charge in [-0.2, -0.15) is 0 Å². The summed E-state index contributed by atoms with van der Waals surface area (Å²) in [4.78, 5) is 13.3. The van der Waals surface area contributed by atoms with E-state index in [-0.39, 0.29) is 11.4 Å². The third kappa shape index (κ3) is 3.67. The van der Waals surface area contributed by atoms with Crippen molar-refractivity contribution in [3.63, 3.8) is 0 Å². The summed E-state index contributed by atoms with van der Waals surface area (Å²) in [7, 11) is 0. The van der Waals surface area contributed by atoms with Crippen molar-refractivity contribution in [1.29, 1.82) is 0 Å². The zero-order valence-electron chi connectivity index (χ0n) is 11.6. The molecule has 0 radical (unpaired) electrons. The van der Waals surface area contributed by atoms with Gasteiger partial charge in [-0.25, -0.2) is 0 Å². The van der Waals surface area contributed by atoms with Crippen LogP contribution in [0.4, 0.5) is 0 Å². The number of thiophene rings is 1. The fraction of sp³-hybridized carbons (Fsp3) is 0.312. The van der Waals surface area contributed by atoms with Gasteiger partial charge in [0.05, 0.1) is 12.0 Å². The Bertz CT molecular complexity index is 557. The molecule has 0 fully saturated rings. The van der Waals surface area contributed by atoms with Gasteiger partial charge in [0, 0.05) is 4.88 Å². The van der Waals surface area contributed by atoms with E-state index in [1.807, 2.05) is 49.6 Å². The first-order chi connectivity index (χ1) is 8.97. The molecular weight excluding hydrogens is 254 g/mol. The Morgan fingerprint density at radius 2 is 1.95 bits per heavy atom. The number of nitrogens with one attached hydrogen (secondary N) is 1. The van der Waals surface area contributed by atoms with Crippen molar-refractivity contribution < 1.29 is 4.79 Å². The smallest absolute Gasteiger partial charge is 0.225 e. The molecule has 1 amide bonds. The van der Waals surface area contributed by atoms with Gasteiger partial charge in [0.15, 0.2) is 0 Å². The molecule has 0 unspecified atom stereocenters. The summed E-state index contributed by atoms with van der Waals surface area (Å²) in [5.41, 5.74) is 1.86. The summed E-state index contributed by atoms with van der Waals surface area (Å²) in [6.07, 6.45) is 0.445. The predicted molar refractivity (Wildman–Crippen MR) is 80.4 cm³/mol. The number of hydrogen-bond donors (Lipinski definition) is 1. The van der Waals surface area contributed by atoms with Crippen molar-refractivity contribution in [1.82, 2.24) is 5.32 Å². The maximum Gasteiger partial charge on any atom is 0.225 e. The first-order valence-electron chi connectivity index (χ1n) is 6.38. The Balaban J connectivity index is 2.02. The van der Waals surface area contributed by atoms with E-state index >= 15 is 0 Å². The van der Waals surface area contributed by atoms with Gasteiger partial charge in [0.1, 0.15) is 0 Å². The minimum Gasteiger partial charge on any atom is -0.347 e. The van der Waals surface area contributed by atoms with Gasteiger partial charge in [0.25, 0.3) is 0 Å². The van der Waals surface area contributed by atoms with E-state index in [0.29, 0.717) is 6.42 Å². The maximum absolute atomic E-state index is 12.1. The molecule has 0 aliphatic heterocycles. The van der Waals surface area contributed by atoms with E-state index in [1.165, 1.54) is 4.88 Å². The molecule has 100 valence electrons. The van der Waals surface area contributed by atoms with Crippen LogP contribution in [0.3, 0.4) is 0 Å². The lowest BCUT2D eigenvalue weighted by Gasteiger charge is -2.27. The second-order valence-electron chi connectivity index (χ2n) is 5.28. The third-order valence-corrected chi connectivity index (χ3v) is 4.01. The highest BCUT2D eigenvalue weighted by molar-refractivity contribution is 7.10. The van der Waals surface area contributed by atoms with Crippen LogP contribution in [0, 0.1) is 6.92 Å². The van der Waals surface area contributed by atoms with Crippen molar-refractivity contribution in [3.8, 4) is 0 Å². The molecule has 2 rings (SSSR count). The van der Waals surface area contributed by atoms with Gasteiger partial charge in [-0.05, 0) is 43.3 Å². The molecule has 0 atom stereocenters. The number of aryl methyl sites for hydroxylation is 1. The van der Waals surface area contributed by atoms with E-state index in [9.17, 15) is 4.79 Å². The number of amides is 1. The predicted octanol–water partition coefficient (Wildman–Crippen LogP) is 3.65. The number of carbonyl (C=O) groups is 1. The molecule has 0 saturated heterocycles. The summed E-state index contributed by atoms with van der Waals surface area (Å²) in [6, 6.07) is 12.1. The topological polar surface area (TPSA) is 29.1 Å². The molecule has 1 aromatic carbocycles. The van der Waals surface area contributed by atoms with Crippen molar-refractivity contribution in [2.45, 2.75) is 32.7 Å². The van der Waals surface area contributed by atoms with Crippen LogP contribution in [0.15, 0.2) is 41.8 Å². The highest BCUT2D eigenvalue weighted by Gasteiger charge is 2.22. The summed E-state index contributed by atoms with van der Waals surface area (Å²) >= 11 is 1.68. The summed E-state index contributed by atoms with van der Waals surface area (Å²) in [5.74, 6) is 0.0617. The molecule has 2 aromatic rings. The van der Waals surface area contributed by atoms with Crippen LogP contribution in [-0.4, -0.2) is 5.91 Å². The second-order valence-corrected chi connectivity index (χ2v) is 6.40. The standard InChI is InChI=1S/C16H19NOS/c1-12-9-13(11-19-12)10-15(18)17-16(2,3)14-7-5-4-6-8-14/h4-9,11H,10H2,1-3H3,(H,17,18). The number of benzene rings is 1. The van der Waals surface area contributed by atoms with Gasteiger partial charge in [0.2, 0.25) is 5.91 Å². The fourth-order valence-electron chi connectivity index (χ4n) is 2.10. The quantitative estimate of drug-likeness (QED) is 0.905. The number of hydrogen-bond acceptors (Lipinski definition) is 2. The summed E-state index contributed by atoms with van der Waals surface area (Å²) in [6.45, 7) is 6.11. The average Bonchev–Trinajstić information content (AvgIpc) is 2.75. The van der Waals surface area contributed by atoms with Gasteiger partial charge in [-0.15, -0.1) is 11.3 Å². The number of carbonyl (C=O) groups excluding carboxylic acids is 1. The average molecular weight is 273 g/mol. The second kappa shape index (κ2) is 5.57. The minimum atomic E-state index is -0.344. The molecule has 0 aliphatic carbocycles. The van der Waals surface area contributed by atoms with Crippen LogP contribution in [0.25, 0.3) is 0 Å². The number of rotatable bonds is 4. The largest absolute Gasteiger partial charge is 0.347 e. The Morgan fingerprint density at radius 3 is 2.53 bits per heavy atom.